The van der Waals surface area contributed by atoms with Crippen LogP contribution in [0.15, 0.2) is 36.8 Å². The maximum atomic E-state index is 13.2. The van der Waals surface area contributed by atoms with Crippen LogP contribution in [-0.2, 0) is 16.6 Å². The van der Waals surface area contributed by atoms with Crippen LogP contribution in [0.5, 0.6) is 5.75 Å². The number of imidazole rings is 1. The number of carbonyl (C=O) groups excluding carboxylic acids is 1. The summed E-state index contributed by atoms with van der Waals surface area (Å²) in [6.07, 6.45) is 11.2. The van der Waals surface area contributed by atoms with Crippen LogP contribution in [0.2, 0.25) is 5.02 Å². The van der Waals surface area contributed by atoms with Gasteiger partial charge in [0.15, 0.2) is 11.5 Å². The molecule has 0 bridgehead atoms. The average Bonchev–Trinajstić information content (AvgIpc) is 3.45. The van der Waals surface area contributed by atoms with Crippen LogP contribution in [0.25, 0.3) is 17.2 Å². The molecule has 37 heavy (non-hydrogen) atoms. The smallest absolute Gasteiger partial charge is 0.240 e. The number of hydrogen-bond donors (Lipinski definition) is 3. The molecule has 1 fully saturated rings. The Bertz CT molecular complexity index is 1540. The van der Waals surface area contributed by atoms with Gasteiger partial charge in [0.05, 0.1) is 16.3 Å². The number of phenolic OH excluding ortho intramolecular Hbond substituents is 1. The Morgan fingerprint density at radius 1 is 1.22 bits per heavy atom. The standard InChI is InChI=1S/C27H28ClN7O2/c1-14-3-5-15(6-4-14)11-18-25-30-9-10-35(25)13-19(31-18)23-32-22(29)21-24(33-23)34-26(37)27(21,2)16-7-8-20(36)17(28)12-16/h7-10,12-15,36H,3-6,11H2,1-2H3,(H3,29,32,33,34,37)/t14?,15?,27-/m0/s1. The molecule has 1 aromatic carbocycles. The van der Waals surface area contributed by atoms with E-state index in [0.29, 0.717) is 34.4 Å². The quantitative estimate of drug-likeness (QED) is 0.355. The molecule has 9 nitrogen and oxygen atoms in total. The number of aromatic nitrogens is 5. The van der Waals surface area contributed by atoms with Crippen LogP contribution in [0.4, 0.5) is 11.6 Å². The molecule has 1 saturated carbocycles. The van der Waals surface area contributed by atoms with E-state index in [2.05, 4.69) is 27.2 Å². The number of hydrogen-bond acceptors (Lipinski definition) is 7. The minimum atomic E-state index is -1.17. The molecule has 0 unspecified atom stereocenters. The number of phenols is 1. The lowest BCUT2D eigenvalue weighted by Crippen LogP contribution is -2.33. The van der Waals surface area contributed by atoms with E-state index in [4.69, 9.17) is 22.3 Å². The first-order valence-electron chi connectivity index (χ1n) is 12.6. The summed E-state index contributed by atoms with van der Waals surface area (Å²) in [5.74, 6) is 1.85. The third-order valence-electron chi connectivity index (χ3n) is 7.94. The van der Waals surface area contributed by atoms with Gasteiger partial charge in [0.1, 0.15) is 28.5 Å². The second-order valence-corrected chi connectivity index (χ2v) is 10.9. The number of amides is 1. The van der Waals surface area contributed by atoms with Gasteiger partial charge in [0.2, 0.25) is 5.91 Å². The van der Waals surface area contributed by atoms with Gasteiger partial charge in [-0.05, 0) is 55.7 Å². The molecular weight excluding hydrogens is 490 g/mol. The third kappa shape index (κ3) is 3.89. The summed E-state index contributed by atoms with van der Waals surface area (Å²) >= 11 is 6.14. The molecule has 4 heterocycles. The summed E-state index contributed by atoms with van der Waals surface area (Å²) < 4.78 is 1.94. The van der Waals surface area contributed by atoms with Crippen LogP contribution < -0.4 is 11.1 Å². The fourth-order valence-corrected chi connectivity index (χ4v) is 5.84. The number of fused-ring (bicyclic) bond motifs is 2. The number of halogens is 1. The first-order valence-corrected chi connectivity index (χ1v) is 12.9. The lowest BCUT2D eigenvalue weighted by atomic mass is 9.77. The highest BCUT2D eigenvalue weighted by molar-refractivity contribution is 6.32. The Hall–Kier alpha value is -3.72. The maximum absolute atomic E-state index is 13.2. The van der Waals surface area contributed by atoms with Gasteiger partial charge in [0, 0.05) is 18.6 Å². The van der Waals surface area contributed by atoms with Crippen molar-refractivity contribution in [2.45, 2.75) is 51.4 Å². The lowest BCUT2D eigenvalue weighted by Gasteiger charge is -2.26. The summed E-state index contributed by atoms with van der Waals surface area (Å²) in [7, 11) is 0. The van der Waals surface area contributed by atoms with Gasteiger partial charge in [-0.3, -0.25) is 4.79 Å². The van der Waals surface area contributed by atoms with Gasteiger partial charge in [0.25, 0.3) is 0 Å². The highest BCUT2D eigenvalue weighted by Gasteiger charge is 2.47. The van der Waals surface area contributed by atoms with Crippen LogP contribution in [0.1, 0.15) is 56.4 Å². The van der Waals surface area contributed by atoms with Gasteiger partial charge < -0.3 is 20.6 Å². The normalized spacial score (nSPS) is 23.3. The fourth-order valence-electron chi connectivity index (χ4n) is 5.66. The second kappa shape index (κ2) is 8.69. The van der Waals surface area contributed by atoms with Crippen LogP contribution in [0, 0.1) is 11.8 Å². The van der Waals surface area contributed by atoms with E-state index in [0.717, 1.165) is 23.7 Å². The van der Waals surface area contributed by atoms with Crippen molar-refractivity contribution in [3.63, 3.8) is 0 Å². The molecule has 1 aliphatic carbocycles. The maximum Gasteiger partial charge on any atom is 0.240 e. The third-order valence-corrected chi connectivity index (χ3v) is 8.24. The topological polar surface area (TPSA) is 131 Å². The molecule has 0 spiro atoms. The summed E-state index contributed by atoms with van der Waals surface area (Å²) in [5.41, 5.74) is 8.68. The van der Waals surface area contributed by atoms with Crippen molar-refractivity contribution in [2.75, 3.05) is 11.1 Å². The van der Waals surface area contributed by atoms with Gasteiger partial charge >= 0.3 is 0 Å². The Morgan fingerprint density at radius 2 is 2.00 bits per heavy atom. The predicted molar refractivity (Wildman–Crippen MR) is 141 cm³/mol. The average molecular weight is 518 g/mol. The summed E-state index contributed by atoms with van der Waals surface area (Å²) in [6.45, 7) is 4.06. The highest BCUT2D eigenvalue weighted by atomic mass is 35.5. The minimum absolute atomic E-state index is 0.0632. The van der Waals surface area contributed by atoms with Crippen molar-refractivity contribution < 1.29 is 9.90 Å². The first-order chi connectivity index (χ1) is 17.7. The number of anilines is 2. The Morgan fingerprint density at radius 3 is 2.76 bits per heavy atom. The largest absolute Gasteiger partial charge is 0.506 e. The number of nitrogen functional groups attached to an aromatic ring is 1. The molecule has 0 saturated heterocycles. The van der Waals surface area contributed by atoms with Crippen molar-refractivity contribution in [3.8, 4) is 17.3 Å². The van der Waals surface area contributed by atoms with Crippen LogP contribution >= 0.6 is 11.6 Å². The van der Waals surface area contributed by atoms with E-state index in [-0.39, 0.29) is 22.5 Å². The van der Waals surface area contributed by atoms with Crippen LogP contribution in [0.3, 0.4) is 0 Å². The number of rotatable bonds is 4. The zero-order chi connectivity index (χ0) is 25.9. The molecule has 2 aliphatic rings. The number of nitrogens with zero attached hydrogens (tertiary/aromatic N) is 5. The van der Waals surface area contributed by atoms with E-state index in [1.807, 2.05) is 16.8 Å². The van der Waals surface area contributed by atoms with Gasteiger partial charge in [-0.2, -0.15) is 0 Å². The molecule has 1 aliphatic heterocycles. The Labute approximate surface area is 219 Å². The summed E-state index contributed by atoms with van der Waals surface area (Å²) in [5, 5.41) is 12.9. The number of carbonyl (C=O) groups is 1. The zero-order valence-corrected chi connectivity index (χ0v) is 21.5. The van der Waals surface area contributed by atoms with Gasteiger partial charge in [-0.25, -0.2) is 19.9 Å². The predicted octanol–water partition coefficient (Wildman–Crippen LogP) is 4.75. The van der Waals surface area contributed by atoms with E-state index >= 15 is 0 Å². The molecule has 3 aromatic heterocycles. The lowest BCUT2D eigenvalue weighted by molar-refractivity contribution is -0.119. The zero-order valence-electron chi connectivity index (χ0n) is 20.7. The number of aromatic hydroxyl groups is 1. The van der Waals surface area contributed by atoms with Crippen molar-refractivity contribution in [1.82, 2.24) is 24.3 Å². The summed E-state index contributed by atoms with van der Waals surface area (Å²) in [6, 6.07) is 4.67. The number of benzene rings is 1. The van der Waals surface area contributed by atoms with E-state index in [1.54, 1.807) is 25.3 Å². The molecule has 1 atom stereocenters. The van der Waals surface area contributed by atoms with Gasteiger partial charge in [-0.1, -0.05) is 37.4 Å². The monoisotopic (exact) mass is 517 g/mol. The highest BCUT2D eigenvalue weighted by Crippen LogP contribution is 2.46. The fraction of sp³-hybridized carbons (Fsp3) is 0.370. The van der Waals surface area contributed by atoms with Crippen LogP contribution in [-0.4, -0.2) is 35.4 Å². The molecule has 4 aromatic rings. The van der Waals surface area contributed by atoms with E-state index in [9.17, 15) is 9.90 Å². The van der Waals surface area contributed by atoms with Gasteiger partial charge in [-0.15, -0.1) is 0 Å². The second-order valence-electron chi connectivity index (χ2n) is 10.5. The Balaban J connectivity index is 1.41. The van der Waals surface area contributed by atoms with E-state index in [1.165, 1.54) is 31.7 Å². The summed E-state index contributed by atoms with van der Waals surface area (Å²) in [4.78, 5) is 32.0. The molecule has 1 amide bonds. The van der Waals surface area contributed by atoms with Crippen molar-refractivity contribution in [2.24, 2.45) is 11.8 Å². The van der Waals surface area contributed by atoms with Crippen molar-refractivity contribution >= 4 is 34.8 Å². The SMILES string of the molecule is CC1CCC(Cc2nc(-c3nc(N)c4c(n3)NC(=O)[C@@]4(C)c3ccc(O)c(Cl)c3)cn3ccnc23)CC1. The minimum Gasteiger partial charge on any atom is -0.506 e. The van der Waals surface area contributed by atoms with Crippen molar-refractivity contribution in [1.29, 1.82) is 0 Å². The van der Waals surface area contributed by atoms with E-state index < -0.39 is 5.41 Å². The number of nitrogens with one attached hydrogen (secondary N) is 1. The molecule has 0 radical (unpaired) electrons. The first kappa shape index (κ1) is 23.7. The number of nitrogens with two attached hydrogens (primary N) is 1. The molecular formula is C27H28ClN7O2. The molecule has 4 N–H and O–H groups in total. The Kier molecular flexibility index (Phi) is 5.56. The molecule has 6 rings (SSSR count). The molecule has 10 heteroatoms. The van der Waals surface area contributed by atoms with Crippen molar-refractivity contribution in [3.05, 3.63) is 58.6 Å². The molecule has 190 valence electrons.